The molecule has 0 spiro atoms. The number of aromatic amines is 1. The van der Waals surface area contributed by atoms with Crippen LogP contribution in [-0.4, -0.2) is 16.1 Å². The molecule has 1 aromatic carbocycles. The number of anilines is 1. The van der Waals surface area contributed by atoms with Crippen molar-refractivity contribution in [3.63, 3.8) is 0 Å². The van der Waals surface area contributed by atoms with Crippen LogP contribution in [0.3, 0.4) is 0 Å². The minimum Gasteiger partial charge on any atom is -0.466 e. The second kappa shape index (κ2) is 4.28. The van der Waals surface area contributed by atoms with Gasteiger partial charge in [0.15, 0.2) is 0 Å². The van der Waals surface area contributed by atoms with E-state index in [9.17, 15) is 4.79 Å². The first-order chi connectivity index (χ1) is 9.13. The maximum atomic E-state index is 12.1. The first-order valence-corrected chi connectivity index (χ1v) is 5.95. The molecule has 0 unspecified atom stereocenters. The Morgan fingerprint density at radius 3 is 2.89 bits per heavy atom. The maximum absolute atomic E-state index is 12.1. The quantitative estimate of drug-likeness (QED) is 0.739. The molecule has 3 rings (SSSR count). The van der Waals surface area contributed by atoms with Crippen molar-refractivity contribution < 1.29 is 9.21 Å². The number of amides is 1. The lowest BCUT2D eigenvalue weighted by Crippen LogP contribution is -2.11. The smallest absolute Gasteiger partial charge is 0.259 e. The van der Waals surface area contributed by atoms with Crippen LogP contribution < -0.4 is 5.32 Å². The molecule has 0 aliphatic heterocycles. The van der Waals surface area contributed by atoms with E-state index in [4.69, 9.17) is 4.42 Å². The summed E-state index contributed by atoms with van der Waals surface area (Å²) in [5.41, 5.74) is 2.23. The van der Waals surface area contributed by atoms with Crippen LogP contribution >= 0.6 is 0 Å². The molecule has 2 N–H and O–H groups in total. The van der Waals surface area contributed by atoms with Gasteiger partial charge in [-0.15, -0.1) is 0 Å². The second-order valence-corrected chi connectivity index (χ2v) is 4.45. The van der Waals surface area contributed by atoms with E-state index >= 15 is 0 Å². The van der Waals surface area contributed by atoms with Crippen LogP contribution in [0, 0.1) is 13.8 Å². The summed E-state index contributed by atoms with van der Waals surface area (Å²) in [6.45, 7) is 3.60. The van der Waals surface area contributed by atoms with E-state index in [1.54, 1.807) is 19.2 Å². The van der Waals surface area contributed by atoms with Gasteiger partial charge in [0, 0.05) is 11.1 Å². The normalized spacial score (nSPS) is 10.8. The molecular weight excluding hydrogens is 242 g/mol. The number of benzene rings is 1. The molecule has 1 amide bonds. The Bertz CT molecular complexity index is 755. The summed E-state index contributed by atoms with van der Waals surface area (Å²) in [5.74, 6) is 1.18. The third kappa shape index (κ3) is 2.10. The Labute approximate surface area is 109 Å². The summed E-state index contributed by atoms with van der Waals surface area (Å²) < 4.78 is 5.36. The standard InChI is InChI=1S/C14H13N3O2/c1-8-5-12(9(2)19-8)14(18)16-11-3-4-13-10(6-11)7-15-17-13/h3-7H,1-2H3,(H,15,17)(H,16,18). The number of aryl methyl sites for hydroxylation is 2. The number of H-pyrrole nitrogens is 1. The van der Waals surface area contributed by atoms with Crippen LogP contribution in [0.4, 0.5) is 5.69 Å². The summed E-state index contributed by atoms with van der Waals surface area (Å²) in [5, 5.41) is 10.6. The SMILES string of the molecule is Cc1cc(C(=O)Nc2ccc3[nH]ncc3c2)c(C)o1. The van der Waals surface area contributed by atoms with Gasteiger partial charge in [-0.3, -0.25) is 9.89 Å². The molecule has 0 saturated carbocycles. The highest BCUT2D eigenvalue weighted by Crippen LogP contribution is 2.19. The fraction of sp³-hybridized carbons (Fsp3) is 0.143. The molecule has 0 bridgehead atoms. The third-order valence-electron chi connectivity index (χ3n) is 2.98. The topological polar surface area (TPSA) is 70.9 Å². The highest BCUT2D eigenvalue weighted by atomic mass is 16.3. The van der Waals surface area contributed by atoms with Crippen molar-refractivity contribution in [2.75, 3.05) is 5.32 Å². The Morgan fingerprint density at radius 1 is 1.32 bits per heavy atom. The van der Waals surface area contributed by atoms with Crippen molar-refractivity contribution >= 4 is 22.5 Å². The summed E-state index contributed by atoms with van der Waals surface area (Å²) in [7, 11) is 0. The molecule has 0 fully saturated rings. The molecule has 5 nitrogen and oxygen atoms in total. The molecule has 96 valence electrons. The second-order valence-electron chi connectivity index (χ2n) is 4.45. The molecule has 0 aliphatic rings. The molecular formula is C14H13N3O2. The monoisotopic (exact) mass is 255 g/mol. The molecule has 0 aliphatic carbocycles. The highest BCUT2D eigenvalue weighted by molar-refractivity contribution is 6.05. The van der Waals surface area contributed by atoms with Gasteiger partial charge in [0.05, 0.1) is 17.3 Å². The van der Waals surface area contributed by atoms with Gasteiger partial charge in [-0.2, -0.15) is 5.10 Å². The zero-order chi connectivity index (χ0) is 13.4. The Balaban J connectivity index is 1.88. The van der Waals surface area contributed by atoms with E-state index in [0.717, 1.165) is 22.4 Å². The zero-order valence-electron chi connectivity index (χ0n) is 10.7. The van der Waals surface area contributed by atoms with Crippen molar-refractivity contribution in [2.45, 2.75) is 13.8 Å². The number of fused-ring (bicyclic) bond motifs is 1. The number of rotatable bonds is 2. The fourth-order valence-electron chi connectivity index (χ4n) is 2.08. The zero-order valence-corrected chi connectivity index (χ0v) is 10.7. The molecule has 2 aromatic heterocycles. The van der Waals surface area contributed by atoms with Crippen molar-refractivity contribution in [1.82, 2.24) is 10.2 Å². The first-order valence-electron chi connectivity index (χ1n) is 5.95. The van der Waals surface area contributed by atoms with Crippen molar-refractivity contribution in [2.24, 2.45) is 0 Å². The molecule has 19 heavy (non-hydrogen) atoms. The van der Waals surface area contributed by atoms with Gasteiger partial charge in [0.2, 0.25) is 0 Å². The predicted molar refractivity (Wildman–Crippen MR) is 72.2 cm³/mol. The lowest BCUT2D eigenvalue weighted by Gasteiger charge is -2.04. The molecule has 0 saturated heterocycles. The number of hydrogen-bond acceptors (Lipinski definition) is 3. The highest BCUT2D eigenvalue weighted by Gasteiger charge is 2.13. The summed E-state index contributed by atoms with van der Waals surface area (Å²) >= 11 is 0. The van der Waals surface area contributed by atoms with Crippen molar-refractivity contribution in [3.8, 4) is 0 Å². The Morgan fingerprint density at radius 2 is 2.16 bits per heavy atom. The van der Waals surface area contributed by atoms with Crippen LogP contribution in [0.15, 0.2) is 34.9 Å². The van der Waals surface area contributed by atoms with Crippen LogP contribution in [0.1, 0.15) is 21.9 Å². The van der Waals surface area contributed by atoms with Gasteiger partial charge in [0.25, 0.3) is 5.91 Å². The molecule has 0 radical (unpaired) electrons. The number of furan rings is 1. The van der Waals surface area contributed by atoms with Crippen LogP contribution in [0.25, 0.3) is 10.9 Å². The van der Waals surface area contributed by atoms with Gasteiger partial charge < -0.3 is 9.73 Å². The van der Waals surface area contributed by atoms with Gasteiger partial charge in [-0.1, -0.05) is 0 Å². The lowest BCUT2D eigenvalue weighted by molar-refractivity contribution is 0.102. The Kier molecular flexibility index (Phi) is 2.59. The van der Waals surface area contributed by atoms with Crippen LogP contribution in [0.2, 0.25) is 0 Å². The van der Waals surface area contributed by atoms with E-state index in [-0.39, 0.29) is 5.91 Å². The van der Waals surface area contributed by atoms with E-state index in [0.29, 0.717) is 11.3 Å². The van der Waals surface area contributed by atoms with E-state index < -0.39 is 0 Å². The summed E-state index contributed by atoms with van der Waals surface area (Å²) in [6, 6.07) is 7.33. The number of hydrogen-bond donors (Lipinski definition) is 2. The average molecular weight is 255 g/mol. The first kappa shape index (κ1) is 11.5. The predicted octanol–water partition coefficient (Wildman–Crippen LogP) is 3.03. The number of carbonyl (C=O) groups excluding carboxylic acids is 1. The number of aromatic nitrogens is 2. The van der Waals surface area contributed by atoms with Gasteiger partial charge in [-0.05, 0) is 38.1 Å². The van der Waals surface area contributed by atoms with Crippen LogP contribution in [-0.2, 0) is 0 Å². The molecule has 5 heteroatoms. The van der Waals surface area contributed by atoms with Gasteiger partial charge in [0.1, 0.15) is 11.5 Å². The molecule has 3 aromatic rings. The third-order valence-corrected chi connectivity index (χ3v) is 2.98. The van der Waals surface area contributed by atoms with Crippen molar-refractivity contribution in [3.05, 3.63) is 47.5 Å². The molecule has 2 heterocycles. The van der Waals surface area contributed by atoms with E-state index in [1.807, 2.05) is 25.1 Å². The number of nitrogens with zero attached hydrogens (tertiary/aromatic N) is 1. The van der Waals surface area contributed by atoms with E-state index in [1.165, 1.54) is 0 Å². The number of nitrogens with one attached hydrogen (secondary N) is 2. The Hall–Kier alpha value is -2.56. The van der Waals surface area contributed by atoms with Crippen LogP contribution in [0.5, 0.6) is 0 Å². The number of carbonyl (C=O) groups is 1. The van der Waals surface area contributed by atoms with Gasteiger partial charge >= 0.3 is 0 Å². The van der Waals surface area contributed by atoms with Crippen molar-refractivity contribution in [1.29, 1.82) is 0 Å². The summed E-state index contributed by atoms with van der Waals surface area (Å²) in [4.78, 5) is 12.1. The van der Waals surface area contributed by atoms with E-state index in [2.05, 4.69) is 15.5 Å². The fourth-order valence-corrected chi connectivity index (χ4v) is 2.08. The van der Waals surface area contributed by atoms with Gasteiger partial charge in [-0.25, -0.2) is 0 Å². The minimum atomic E-state index is -0.169. The average Bonchev–Trinajstić information content (AvgIpc) is 2.94. The molecule has 0 atom stereocenters. The maximum Gasteiger partial charge on any atom is 0.259 e. The largest absolute Gasteiger partial charge is 0.466 e. The lowest BCUT2D eigenvalue weighted by atomic mass is 10.2. The minimum absolute atomic E-state index is 0.169. The summed E-state index contributed by atoms with van der Waals surface area (Å²) in [6.07, 6.45) is 1.72.